The molecule has 0 spiro atoms. The summed E-state index contributed by atoms with van der Waals surface area (Å²) in [5, 5.41) is 14.7. The highest BCUT2D eigenvalue weighted by atomic mass is 32.2. The van der Waals surface area contributed by atoms with Gasteiger partial charge in [-0.2, -0.15) is 26.3 Å². The van der Waals surface area contributed by atoms with Gasteiger partial charge in [0.05, 0.1) is 16.8 Å². The zero-order valence-corrected chi connectivity index (χ0v) is 19.8. The fraction of sp³-hybridized carbons (Fsp3) is 0.409. The molecule has 0 aromatic heterocycles. The number of alkyl halides is 6. The third-order valence-corrected chi connectivity index (χ3v) is 5.90. The highest BCUT2D eigenvalue weighted by molar-refractivity contribution is 7.89. The number of primary sulfonamides is 1. The number of ether oxygens (including phenoxy) is 1. The first-order valence-electron chi connectivity index (χ1n) is 10.6. The van der Waals surface area contributed by atoms with Crippen molar-refractivity contribution in [2.24, 2.45) is 5.14 Å². The molecule has 3 N–H and O–H groups in total. The molecule has 0 unspecified atom stereocenters. The van der Waals surface area contributed by atoms with Gasteiger partial charge in [0.1, 0.15) is 10.6 Å². The second-order valence-corrected chi connectivity index (χ2v) is 9.39. The largest absolute Gasteiger partial charge is 0.478 e. The second-order valence-electron chi connectivity index (χ2n) is 7.86. The van der Waals surface area contributed by atoms with Crippen LogP contribution in [-0.4, -0.2) is 38.8 Å². The monoisotopic (exact) mass is 542 g/mol. The molecule has 0 bridgehead atoms. The molecule has 2 aromatic carbocycles. The fourth-order valence-electron chi connectivity index (χ4n) is 3.29. The van der Waals surface area contributed by atoms with Gasteiger partial charge in [-0.05, 0) is 43.2 Å². The lowest BCUT2D eigenvalue weighted by Crippen LogP contribution is -2.28. The van der Waals surface area contributed by atoms with Gasteiger partial charge in [0.2, 0.25) is 10.0 Å². The minimum absolute atomic E-state index is 0.0838. The minimum Gasteiger partial charge on any atom is -0.478 e. The van der Waals surface area contributed by atoms with Crippen molar-refractivity contribution >= 4 is 21.7 Å². The lowest BCUT2D eigenvalue weighted by molar-refractivity contribution is -0.137. The molecule has 0 amide bonds. The van der Waals surface area contributed by atoms with E-state index in [-0.39, 0.29) is 18.8 Å². The summed E-state index contributed by atoms with van der Waals surface area (Å²) in [5.41, 5.74) is -1.89. The van der Waals surface area contributed by atoms with Gasteiger partial charge in [-0.15, -0.1) is 0 Å². The summed E-state index contributed by atoms with van der Waals surface area (Å²) >= 11 is 0. The van der Waals surface area contributed by atoms with Gasteiger partial charge in [-0.1, -0.05) is 19.4 Å². The molecule has 14 heteroatoms. The first-order chi connectivity index (χ1) is 16.5. The summed E-state index contributed by atoms with van der Waals surface area (Å²) in [7, 11) is -4.69. The summed E-state index contributed by atoms with van der Waals surface area (Å²) < 4.78 is 108. The molecule has 0 radical (unpaired) electrons. The first-order valence-corrected chi connectivity index (χ1v) is 12.2. The number of carbonyl (C=O) groups is 1. The average Bonchev–Trinajstić information content (AvgIpc) is 2.74. The Balaban J connectivity index is 2.71. The molecule has 0 saturated heterocycles. The number of unbranched alkanes of at least 4 members (excludes halogenated alkanes) is 1. The number of hydrogen-bond donors (Lipinski definition) is 2. The van der Waals surface area contributed by atoms with Crippen molar-refractivity contribution in [2.75, 3.05) is 18.0 Å². The molecule has 0 aliphatic carbocycles. The third-order valence-electron chi connectivity index (χ3n) is 4.98. The number of halogens is 6. The van der Waals surface area contributed by atoms with Crippen LogP contribution in [0.25, 0.3) is 0 Å². The molecule has 2 aromatic rings. The third kappa shape index (κ3) is 8.29. The topological polar surface area (TPSA) is 110 Å². The second kappa shape index (κ2) is 11.4. The van der Waals surface area contributed by atoms with Crippen molar-refractivity contribution in [1.82, 2.24) is 0 Å². The number of carboxylic acids is 1. The van der Waals surface area contributed by atoms with Crippen LogP contribution in [0.1, 0.15) is 48.5 Å². The molecule has 0 aliphatic heterocycles. The number of rotatable bonds is 11. The van der Waals surface area contributed by atoms with E-state index in [9.17, 15) is 44.7 Å². The van der Waals surface area contributed by atoms with Gasteiger partial charge in [0, 0.05) is 19.5 Å². The summed E-state index contributed by atoms with van der Waals surface area (Å²) in [6.07, 6.45) is -9.79. The zero-order valence-electron chi connectivity index (χ0n) is 19.0. The maximum atomic E-state index is 13.2. The van der Waals surface area contributed by atoms with Crippen LogP contribution < -0.4 is 14.8 Å². The Morgan fingerprint density at radius 1 is 1.06 bits per heavy atom. The average molecular weight is 542 g/mol. The van der Waals surface area contributed by atoms with Gasteiger partial charge in [-0.25, -0.2) is 18.4 Å². The lowest BCUT2D eigenvalue weighted by atomic mass is 10.1. The lowest BCUT2D eigenvalue weighted by Gasteiger charge is -2.28. The molecule has 0 heterocycles. The first kappa shape index (κ1) is 29.2. The number of anilines is 1. The van der Waals surface area contributed by atoms with Gasteiger partial charge < -0.3 is 14.7 Å². The minimum atomic E-state index is -4.75. The number of nitrogens with two attached hydrogens (primary N) is 1. The Bertz CT molecular complexity index is 1180. The van der Waals surface area contributed by atoms with E-state index in [4.69, 9.17) is 9.88 Å². The summed E-state index contributed by atoms with van der Waals surface area (Å²) in [5.74, 6) is -2.59. The number of nitrogens with zero attached hydrogens (tertiary/aromatic N) is 1. The van der Waals surface area contributed by atoms with Gasteiger partial charge >= 0.3 is 18.3 Å². The number of hydrogen-bond acceptors (Lipinski definition) is 5. The van der Waals surface area contributed by atoms with Crippen LogP contribution in [0.3, 0.4) is 0 Å². The normalized spacial score (nSPS) is 12.4. The molecule has 0 saturated carbocycles. The molecular formula is C22H24F6N2O5S. The molecular weight excluding hydrogens is 518 g/mol. The van der Waals surface area contributed by atoms with E-state index in [1.807, 2.05) is 0 Å². The molecule has 7 nitrogen and oxygen atoms in total. The summed E-state index contributed by atoms with van der Waals surface area (Å²) in [4.78, 5) is 12.1. The van der Waals surface area contributed by atoms with Crippen molar-refractivity contribution in [3.8, 4) is 11.5 Å². The number of benzene rings is 2. The van der Waals surface area contributed by atoms with Crippen LogP contribution >= 0.6 is 0 Å². The highest BCUT2D eigenvalue weighted by Gasteiger charge is 2.32. The Hall–Kier alpha value is -3.00. The van der Waals surface area contributed by atoms with Crippen molar-refractivity contribution in [3.63, 3.8) is 0 Å². The smallest absolute Gasteiger partial charge is 0.416 e. The maximum Gasteiger partial charge on any atom is 0.416 e. The predicted molar refractivity (Wildman–Crippen MR) is 119 cm³/mol. The Kier molecular flexibility index (Phi) is 9.23. The van der Waals surface area contributed by atoms with Crippen molar-refractivity contribution < 1.29 is 49.4 Å². The van der Waals surface area contributed by atoms with E-state index >= 15 is 0 Å². The van der Waals surface area contributed by atoms with E-state index in [0.717, 1.165) is 24.3 Å². The maximum absolute atomic E-state index is 13.2. The molecule has 200 valence electrons. The number of aromatic carboxylic acids is 1. The van der Waals surface area contributed by atoms with Crippen LogP contribution in [-0.2, 0) is 16.2 Å². The van der Waals surface area contributed by atoms with Crippen molar-refractivity contribution in [3.05, 3.63) is 47.5 Å². The Labute approximate surface area is 203 Å². The molecule has 0 aliphatic rings. The summed E-state index contributed by atoms with van der Waals surface area (Å²) in [6.45, 7) is 1.60. The van der Waals surface area contributed by atoms with E-state index in [2.05, 4.69) is 0 Å². The Morgan fingerprint density at radius 3 is 2.22 bits per heavy atom. The van der Waals surface area contributed by atoms with Crippen LogP contribution in [0.2, 0.25) is 0 Å². The van der Waals surface area contributed by atoms with Crippen LogP contribution in [0.5, 0.6) is 11.5 Å². The summed E-state index contributed by atoms with van der Waals surface area (Å²) in [6, 6.07) is 5.14. The van der Waals surface area contributed by atoms with Gasteiger partial charge in [0.25, 0.3) is 0 Å². The van der Waals surface area contributed by atoms with E-state index in [1.54, 1.807) is 6.92 Å². The van der Waals surface area contributed by atoms with E-state index < -0.39 is 68.7 Å². The van der Waals surface area contributed by atoms with E-state index in [1.165, 1.54) is 4.90 Å². The van der Waals surface area contributed by atoms with Crippen molar-refractivity contribution in [1.29, 1.82) is 0 Å². The standard InChI is InChI=1S/C22H24F6N2O5S/c1-2-3-9-30(10-5-8-21(23,24)25)17-11-14(20(31)32)12-18(36(29,33)34)19(17)35-16-7-4-6-15(13-16)22(26,27)28/h4,6-7,11-13H,2-3,5,8-10H2,1H3,(H,31,32)(H2,29,33,34). The quantitative estimate of drug-likeness (QED) is 0.348. The molecule has 0 fully saturated rings. The van der Waals surface area contributed by atoms with Crippen LogP contribution in [0, 0.1) is 0 Å². The molecule has 0 atom stereocenters. The highest BCUT2D eigenvalue weighted by Crippen LogP contribution is 2.41. The number of carboxylic acid groups (broad SMARTS) is 1. The fourth-order valence-corrected chi connectivity index (χ4v) is 3.98. The van der Waals surface area contributed by atoms with Gasteiger partial charge in [-0.3, -0.25) is 0 Å². The zero-order chi connectivity index (χ0) is 27.3. The van der Waals surface area contributed by atoms with Crippen LogP contribution in [0.4, 0.5) is 32.0 Å². The number of sulfonamides is 1. The van der Waals surface area contributed by atoms with Gasteiger partial charge in [0.15, 0.2) is 5.75 Å². The van der Waals surface area contributed by atoms with E-state index in [0.29, 0.717) is 25.0 Å². The molecule has 2 rings (SSSR count). The molecule has 36 heavy (non-hydrogen) atoms. The SMILES string of the molecule is CCCCN(CCCC(F)(F)F)c1cc(C(=O)O)cc(S(N)(=O)=O)c1Oc1cccc(C(F)(F)F)c1. The Morgan fingerprint density at radius 2 is 1.69 bits per heavy atom. The van der Waals surface area contributed by atoms with Crippen molar-refractivity contribution in [2.45, 2.75) is 49.9 Å². The predicted octanol–water partition coefficient (Wildman–Crippen LogP) is 5.79. The van der Waals surface area contributed by atoms with Crippen LogP contribution in [0.15, 0.2) is 41.3 Å².